The Morgan fingerprint density at radius 1 is 0.333 bits per heavy atom. The molecule has 4 nitrogen and oxygen atoms in total. The van der Waals surface area contributed by atoms with Crippen LogP contribution < -0.4 is 0 Å². The zero-order chi connectivity index (χ0) is 56.1. The Hall–Kier alpha value is -7.12. The predicted molar refractivity (Wildman–Crippen MR) is 370 cm³/mol. The van der Waals surface area contributed by atoms with Crippen molar-refractivity contribution in [2.75, 3.05) is 0 Å². The Morgan fingerprint density at radius 3 is 1.11 bits per heavy atom. The van der Waals surface area contributed by atoms with E-state index in [1.165, 1.54) is 71.3 Å². The van der Waals surface area contributed by atoms with Gasteiger partial charge in [0.05, 0.1) is 0 Å². The van der Waals surface area contributed by atoms with Crippen LogP contribution in [-0.4, -0.2) is 9.97 Å². The Morgan fingerprint density at radius 2 is 0.678 bits per heavy atom. The molecule has 0 fully saturated rings. The number of benzene rings is 10. The summed E-state index contributed by atoms with van der Waals surface area (Å²) in [6, 6.07) is 85.7. The van der Waals surface area contributed by atoms with Crippen molar-refractivity contribution in [3.05, 3.63) is 312 Å². The van der Waals surface area contributed by atoms with Gasteiger partial charge in [0.25, 0.3) is 0 Å². The molecule has 2 aromatic heterocycles. The first kappa shape index (κ1) is 70.6. The summed E-state index contributed by atoms with van der Waals surface area (Å²) in [4.78, 5) is 10.6. The third-order valence-corrected chi connectivity index (χ3v) is 15.8. The quantitative estimate of drug-likeness (QED) is 0.0619. The summed E-state index contributed by atoms with van der Waals surface area (Å²) < 4.78 is 0. The Balaban J connectivity index is 0.000000301. The maximum Gasteiger partial charge on any atom is 0.0196 e. The van der Waals surface area contributed by atoms with Gasteiger partial charge in [-0.2, -0.15) is 0 Å². The molecule has 2 heterocycles. The summed E-state index contributed by atoms with van der Waals surface area (Å²) in [6.45, 7) is 20.2. The number of pyridine rings is 2. The molecule has 12 rings (SSSR count). The molecule has 0 aliphatic carbocycles. The van der Waals surface area contributed by atoms with E-state index in [1.54, 1.807) is 0 Å². The average Bonchev–Trinajstić information content (AvgIpc) is 0.881. The van der Waals surface area contributed by atoms with Crippen molar-refractivity contribution in [3.63, 3.8) is 0 Å². The van der Waals surface area contributed by atoms with E-state index in [2.05, 4.69) is 287 Å². The molecular weight excluding hydrogens is 1390 g/mol. The SMILES string of the molecule is C.C.CC(C)c1cccc(C(C)C)c1[N-]C(c1cccc(-c2[c-]ccc3ccccc23)n1)c1cc2ccccc2c2ccccc12.Cc1ccccc1C([N-]c1c(C(C)C)cccc1C(C)C)c1cccc(-c2[c-]ccc3ccccc23)n1.[CH3-].[CH3-].[Hf].[Hf]. The first-order valence-electron chi connectivity index (χ1n) is 28.8. The third-order valence-electron chi connectivity index (χ3n) is 15.8. The van der Waals surface area contributed by atoms with E-state index in [0.717, 1.165) is 56.0 Å². The van der Waals surface area contributed by atoms with Crippen molar-refractivity contribution in [3.8, 4) is 22.5 Å². The van der Waals surface area contributed by atoms with Crippen molar-refractivity contribution in [2.24, 2.45) is 0 Å². The van der Waals surface area contributed by atoms with E-state index in [0.29, 0.717) is 23.7 Å². The first-order valence-corrected chi connectivity index (χ1v) is 28.8. The van der Waals surface area contributed by atoms with Gasteiger partial charge in [0.2, 0.25) is 0 Å². The van der Waals surface area contributed by atoms with Crippen molar-refractivity contribution >= 4 is 54.5 Å². The van der Waals surface area contributed by atoms with Crippen LogP contribution >= 0.6 is 0 Å². The van der Waals surface area contributed by atoms with Crippen molar-refractivity contribution in [1.82, 2.24) is 9.97 Å². The number of hydrogen-bond donors (Lipinski definition) is 0. The van der Waals surface area contributed by atoms with Gasteiger partial charge in [-0.05, 0) is 98.9 Å². The van der Waals surface area contributed by atoms with Crippen LogP contribution in [0.1, 0.15) is 156 Å². The van der Waals surface area contributed by atoms with Crippen molar-refractivity contribution < 1.29 is 51.7 Å². The predicted octanol–water partition coefficient (Wildman–Crippen LogP) is 24.3. The van der Waals surface area contributed by atoms with Gasteiger partial charge in [0.15, 0.2) is 0 Å². The molecule has 10 aromatic carbocycles. The van der Waals surface area contributed by atoms with Crippen LogP contribution in [-0.2, 0) is 51.7 Å². The molecular formula is C81H84Hf2N4-6. The molecule has 2 unspecified atom stereocenters. The smallest absolute Gasteiger partial charge is 0.0196 e. The van der Waals surface area contributed by atoms with Crippen LogP contribution in [0.3, 0.4) is 0 Å². The number of fused-ring (bicyclic) bond motifs is 5. The zero-order valence-electron chi connectivity index (χ0n) is 51.1. The fourth-order valence-corrected chi connectivity index (χ4v) is 11.6. The molecule has 2 atom stereocenters. The first-order chi connectivity index (χ1) is 39.4. The van der Waals surface area contributed by atoms with E-state index >= 15 is 0 Å². The number of para-hydroxylation sites is 2. The van der Waals surface area contributed by atoms with Crippen LogP contribution in [0.25, 0.3) is 76.2 Å². The second-order valence-corrected chi connectivity index (χ2v) is 22.6. The molecule has 0 N–H and O–H groups in total. The van der Waals surface area contributed by atoms with Crippen LogP contribution in [0.5, 0.6) is 0 Å². The minimum absolute atomic E-state index is 0. The van der Waals surface area contributed by atoms with E-state index in [4.69, 9.17) is 20.6 Å². The molecule has 0 aliphatic heterocycles. The monoisotopic (exact) mass is 1470 g/mol. The van der Waals surface area contributed by atoms with Crippen molar-refractivity contribution in [2.45, 2.75) is 113 Å². The number of hydrogen-bond acceptors (Lipinski definition) is 2. The van der Waals surface area contributed by atoms with Gasteiger partial charge in [-0.25, -0.2) is 0 Å². The maximum absolute atomic E-state index is 5.72. The normalized spacial score (nSPS) is 11.5. The van der Waals surface area contributed by atoms with Gasteiger partial charge in [-0.15, -0.1) is 69.7 Å². The molecule has 0 saturated heterocycles. The fraction of sp³-hybridized carbons (Fsp3) is 0.210. The molecule has 442 valence electrons. The van der Waals surface area contributed by atoms with Gasteiger partial charge in [-0.3, -0.25) is 0 Å². The molecule has 87 heavy (non-hydrogen) atoms. The van der Waals surface area contributed by atoms with Gasteiger partial charge < -0.3 is 35.5 Å². The molecule has 0 bridgehead atoms. The number of aromatic nitrogens is 2. The molecule has 0 saturated carbocycles. The zero-order valence-corrected chi connectivity index (χ0v) is 58.3. The Bertz CT molecular complexity index is 4140. The average molecular weight is 1470 g/mol. The van der Waals surface area contributed by atoms with E-state index < -0.39 is 0 Å². The second kappa shape index (κ2) is 31.7. The third kappa shape index (κ3) is 15.1. The fourth-order valence-electron chi connectivity index (χ4n) is 11.6. The van der Waals surface area contributed by atoms with E-state index in [1.807, 2.05) is 12.1 Å². The Kier molecular flexibility index (Phi) is 25.7. The molecule has 0 aliphatic rings. The van der Waals surface area contributed by atoms with Crippen LogP contribution in [0.2, 0.25) is 0 Å². The van der Waals surface area contributed by atoms with Crippen molar-refractivity contribution in [1.29, 1.82) is 0 Å². The van der Waals surface area contributed by atoms with Crippen LogP contribution in [0, 0.1) is 33.9 Å². The van der Waals surface area contributed by atoms with Gasteiger partial charge in [-0.1, -0.05) is 297 Å². The van der Waals surface area contributed by atoms with E-state index in [-0.39, 0.29) is 93.5 Å². The molecule has 6 heteroatoms. The maximum atomic E-state index is 5.72. The molecule has 12 aromatic rings. The summed E-state index contributed by atoms with van der Waals surface area (Å²) in [5, 5.41) is 20.8. The second-order valence-electron chi connectivity index (χ2n) is 22.6. The summed E-state index contributed by atoms with van der Waals surface area (Å²) in [6.07, 6.45) is 0. The number of aryl methyl sites for hydroxylation is 1. The minimum atomic E-state index is -0.308. The number of rotatable bonds is 14. The summed E-state index contributed by atoms with van der Waals surface area (Å²) >= 11 is 0. The summed E-state index contributed by atoms with van der Waals surface area (Å²) in [7, 11) is 0. The Labute approximate surface area is 559 Å². The summed E-state index contributed by atoms with van der Waals surface area (Å²) in [5.74, 6) is 1.43. The van der Waals surface area contributed by atoms with Gasteiger partial charge in [0.1, 0.15) is 0 Å². The van der Waals surface area contributed by atoms with Crippen LogP contribution in [0.15, 0.2) is 224 Å². The van der Waals surface area contributed by atoms with Gasteiger partial charge >= 0.3 is 0 Å². The number of nitrogens with zero attached hydrogens (tertiary/aromatic N) is 4. The topological polar surface area (TPSA) is 54.0 Å². The standard InChI is InChI=1S/C42H36N2.C35H34N2.2CH4.2CH3.2Hf/c1-27(2)31-21-12-22-32(28(3)4)41(31)44-42(38-26-30-15-6-8-18-34(30)35-19-9-10-20-36(35)38)40-25-13-24-39(43-40)37-23-11-16-29-14-5-7-17-33(29)37;1-23(2)27-18-11-19-28(24(3)4)34(27)37-35(29-16-8-6-13-25(29)5)33-22-12-21-32(36-33)31-20-10-15-26-14-7-9-17-30(26)31;;;;;;/h5-22,24-28,42H,1-4H3;6-19,21-24,35H,1-5H3;2*1H4;2*1H3;;/q2*-2;;;2*-1;;. The summed E-state index contributed by atoms with van der Waals surface area (Å²) in [5.41, 5.74) is 16.6. The van der Waals surface area contributed by atoms with E-state index in [9.17, 15) is 0 Å². The largest absolute Gasteiger partial charge is 0.673 e. The van der Waals surface area contributed by atoms with Gasteiger partial charge in [0, 0.05) is 63.1 Å². The minimum Gasteiger partial charge on any atom is -0.673 e. The molecule has 0 amide bonds. The molecule has 0 radical (unpaired) electrons. The molecule has 0 spiro atoms. The van der Waals surface area contributed by atoms with Crippen LogP contribution in [0.4, 0.5) is 11.4 Å².